The van der Waals surface area contributed by atoms with Gasteiger partial charge in [-0.1, -0.05) is 13.8 Å². The molecule has 0 saturated heterocycles. The van der Waals surface area contributed by atoms with Gasteiger partial charge in [-0.3, -0.25) is 9.59 Å². The number of aliphatic carboxylic acids is 1. The van der Waals surface area contributed by atoms with Crippen LogP contribution < -0.4 is 10.2 Å². The first-order valence-electron chi connectivity index (χ1n) is 6.97. The maximum atomic E-state index is 12.1. The van der Waals surface area contributed by atoms with E-state index >= 15 is 0 Å². The summed E-state index contributed by atoms with van der Waals surface area (Å²) in [7, 11) is 3.88. The van der Waals surface area contributed by atoms with Crippen LogP contribution in [-0.4, -0.2) is 31.1 Å². The van der Waals surface area contributed by atoms with E-state index in [1.54, 1.807) is 19.1 Å². The first-order valence-corrected chi connectivity index (χ1v) is 6.97. The van der Waals surface area contributed by atoms with E-state index in [-0.39, 0.29) is 18.2 Å². The van der Waals surface area contributed by atoms with Crippen LogP contribution in [0.15, 0.2) is 24.3 Å². The van der Waals surface area contributed by atoms with Gasteiger partial charge in [0.2, 0.25) is 5.91 Å². The monoisotopic (exact) mass is 292 g/mol. The molecule has 1 aromatic carbocycles. The number of anilines is 2. The lowest BCUT2D eigenvalue weighted by molar-refractivity contribution is -0.153. The number of carboxylic acids is 1. The Bertz CT molecular complexity index is 509. The van der Waals surface area contributed by atoms with E-state index in [0.717, 1.165) is 5.69 Å². The second kappa shape index (κ2) is 6.61. The van der Waals surface area contributed by atoms with Crippen molar-refractivity contribution in [2.24, 2.45) is 11.3 Å². The molecule has 0 spiro atoms. The lowest BCUT2D eigenvalue weighted by atomic mass is 9.76. The summed E-state index contributed by atoms with van der Waals surface area (Å²) in [4.78, 5) is 25.4. The fourth-order valence-corrected chi connectivity index (χ4v) is 1.91. The summed E-state index contributed by atoms with van der Waals surface area (Å²) in [6, 6.07) is 7.41. The molecule has 0 fully saturated rings. The molecule has 1 rings (SSSR count). The highest BCUT2D eigenvalue weighted by Crippen LogP contribution is 2.31. The van der Waals surface area contributed by atoms with Crippen molar-refractivity contribution in [3.8, 4) is 0 Å². The number of carbonyl (C=O) groups excluding carboxylic acids is 1. The van der Waals surface area contributed by atoms with Gasteiger partial charge in [0.25, 0.3) is 0 Å². The number of carboxylic acid groups (broad SMARTS) is 1. The molecular formula is C16H24N2O3. The van der Waals surface area contributed by atoms with Crippen molar-refractivity contribution >= 4 is 23.3 Å². The average Bonchev–Trinajstić information content (AvgIpc) is 2.38. The maximum Gasteiger partial charge on any atom is 0.310 e. The molecule has 116 valence electrons. The van der Waals surface area contributed by atoms with Crippen LogP contribution in [0.5, 0.6) is 0 Å². The molecule has 5 heteroatoms. The predicted molar refractivity (Wildman–Crippen MR) is 84.6 cm³/mol. The standard InChI is InChI=1S/C16H24N2O3/c1-11(2)16(3,15(20)21)10-14(19)17-12-6-8-13(9-7-12)18(4)5/h6-9,11H,10H2,1-5H3,(H,17,19)(H,20,21). The second-order valence-electron chi connectivity index (χ2n) is 6.04. The minimum Gasteiger partial charge on any atom is -0.481 e. The number of benzene rings is 1. The highest BCUT2D eigenvalue weighted by Gasteiger charge is 2.38. The van der Waals surface area contributed by atoms with E-state index in [9.17, 15) is 14.7 Å². The smallest absolute Gasteiger partial charge is 0.310 e. The van der Waals surface area contributed by atoms with Crippen molar-refractivity contribution in [1.82, 2.24) is 0 Å². The molecule has 5 nitrogen and oxygen atoms in total. The molecular weight excluding hydrogens is 268 g/mol. The number of amides is 1. The van der Waals surface area contributed by atoms with Gasteiger partial charge in [-0.15, -0.1) is 0 Å². The second-order valence-corrected chi connectivity index (χ2v) is 6.04. The molecule has 1 atom stereocenters. The number of carbonyl (C=O) groups is 2. The highest BCUT2D eigenvalue weighted by molar-refractivity contribution is 5.94. The number of rotatable bonds is 6. The zero-order valence-electron chi connectivity index (χ0n) is 13.3. The predicted octanol–water partition coefficient (Wildman–Crippen LogP) is 2.83. The van der Waals surface area contributed by atoms with Crippen LogP contribution in [0.25, 0.3) is 0 Å². The summed E-state index contributed by atoms with van der Waals surface area (Å²) >= 11 is 0. The molecule has 21 heavy (non-hydrogen) atoms. The molecule has 0 aliphatic rings. The van der Waals surface area contributed by atoms with Crippen molar-refractivity contribution < 1.29 is 14.7 Å². The van der Waals surface area contributed by atoms with Crippen LogP contribution in [0.2, 0.25) is 0 Å². The fraction of sp³-hybridized carbons (Fsp3) is 0.500. The Labute approximate surface area is 126 Å². The SMILES string of the molecule is CC(C)C(C)(CC(=O)Nc1ccc(N(C)C)cc1)C(=O)O. The molecule has 0 aliphatic carbocycles. The molecule has 2 N–H and O–H groups in total. The van der Waals surface area contributed by atoms with E-state index in [4.69, 9.17) is 0 Å². The summed E-state index contributed by atoms with van der Waals surface area (Å²) in [5.41, 5.74) is 0.640. The summed E-state index contributed by atoms with van der Waals surface area (Å²) in [5, 5.41) is 12.1. The van der Waals surface area contributed by atoms with E-state index in [2.05, 4.69) is 5.32 Å². The number of hydrogen-bond acceptors (Lipinski definition) is 3. The normalized spacial score (nSPS) is 13.6. The quantitative estimate of drug-likeness (QED) is 0.846. The molecule has 0 bridgehead atoms. The van der Waals surface area contributed by atoms with Crippen LogP contribution >= 0.6 is 0 Å². The Kier molecular flexibility index (Phi) is 5.35. The van der Waals surface area contributed by atoms with E-state index < -0.39 is 11.4 Å². The lowest BCUT2D eigenvalue weighted by Crippen LogP contribution is -2.37. The Hall–Kier alpha value is -2.04. The Morgan fingerprint density at radius 3 is 2.14 bits per heavy atom. The van der Waals surface area contributed by atoms with Gasteiger partial charge in [0.05, 0.1) is 5.41 Å². The highest BCUT2D eigenvalue weighted by atomic mass is 16.4. The molecule has 0 radical (unpaired) electrons. The topological polar surface area (TPSA) is 69.6 Å². The van der Waals surface area contributed by atoms with Crippen molar-refractivity contribution in [1.29, 1.82) is 0 Å². The van der Waals surface area contributed by atoms with E-state index in [1.807, 2.05) is 45.0 Å². The van der Waals surface area contributed by atoms with Crippen LogP contribution in [0.3, 0.4) is 0 Å². The number of hydrogen-bond donors (Lipinski definition) is 2. The van der Waals surface area contributed by atoms with E-state index in [1.165, 1.54) is 0 Å². The summed E-state index contributed by atoms with van der Waals surface area (Å²) in [6.45, 7) is 5.23. The van der Waals surface area contributed by atoms with Gasteiger partial charge in [-0.05, 0) is 37.1 Å². The third-order valence-electron chi connectivity index (χ3n) is 3.96. The van der Waals surface area contributed by atoms with Crippen LogP contribution in [0.4, 0.5) is 11.4 Å². The zero-order chi connectivity index (χ0) is 16.2. The van der Waals surface area contributed by atoms with Gasteiger partial charge >= 0.3 is 5.97 Å². The summed E-state index contributed by atoms with van der Waals surface area (Å²) in [6.07, 6.45) is -0.0462. The zero-order valence-corrected chi connectivity index (χ0v) is 13.3. The molecule has 0 saturated carbocycles. The maximum absolute atomic E-state index is 12.1. The fourth-order valence-electron chi connectivity index (χ4n) is 1.91. The Balaban J connectivity index is 2.75. The van der Waals surface area contributed by atoms with Gasteiger partial charge in [0.15, 0.2) is 0 Å². The Morgan fingerprint density at radius 1 is 1.24 bits per heavy atom. The molecule has 0 heterocycles. The third kappa shape index (κ3) is 4.21. The summed E-state index contributed by atoms with van der Waals surface area (Å²) in [5.74, 6) is -1.36. The molecule has 1 unspecified atom stereocenters. The third-order valence-corrected chi connectivity index (χ3v) is 3.96. The van der Waals surface area contributed by atoms with Crippen molar-refractivity contribution in [2.45, 2.75) is 27.2 Å². The van der Waals surface area contributed by atoms with Gasteiger partial charge in [0.1, 0.15) is 0 Å². The number of nitrogens with one attached hydrogen (secondary N) is 1. The van der Waals surface area contributed by atoms with Crippen LogP contribution in [0.1, 0.15) is 27.2 Å². The molecule has 0 aliphatic heterocycles. The summed E-state index contributed by atoms with van der Waals surface area (Å²) < 4.78 is 0. The van der Waals surface area contributed by atoms with E-state index in [0.29, 0.717) is 5.69 Å². The van der Waals surface area contributed by atoms with Crippen molar-refractivity contribution in [2.75, 3.05) is 24.3 Å². The van der Waals surface area contributed by atoms with Gasteiger partial charge in [-0.2, -0.15) is 0 Å². The number of nitrogens with zero attached hydrogens (tertiary/aromatic N) is 1. The molecule has 1 amide bonds. The minimum absolute atomic E-state index is 0.0462. The first-order chi connectivity index (χ1) is 9.66. The molecule has 1 aromatic rings. The molecule has 0 aromatic heterocycles. The minimum atomic E-state index is -1.06. The average molecular weight is 292 g/mol. The van der Waals surface area contributed by atoms with Gasteiger partial charge in [-0.25, -0.2) is 0 Å². The van der Waals surface area contributed by atoms with Crippen LogP contribution in [0, 0.1) is 11.3 Å². The van der Waals surface area contributed by atoms with Crippen LogP contribution in [-0.2, 0) is 9.59 Å². The first kappa shape index (κ1) is 17.0. The Morgan fingerprint density at radius 2 is 1.76 bits per heavy atom. The lowest BCUT2D eigenvalue weighted by Gasteiger charge is -2.28. The van der Waals surface area contributed by atoms with Crippen molar-refractivity contribution in [3.05, 3.63) is 24.3 Å². The van der Waals surface area contributed by atoms with Gasteiger partial charge in [0, 0.05) is 31.9 Å². The van der Waals surface area contributed by atoms with Gasteiger partial charge < -0.3 is 15.3 Å². The van der Waals surface area contributed by atoms with Crippen molar-refractivity contribution in [3.63, 3.8) is 0 Å². The largest absolute Gasteiger partial charge is 0.481 e.